The maximum atomic E-state index is 6.21. The fraction of sp³-hybridized carbons (Fsp3) is 0.0238. The molecular formula is C42H26N3O+. The Hall–Kier alpha value is -6.13. The van der Waals surface area contributed by atoms with Gasteiger partial charge in [-0.25, -0.2) is 0 Å². The van der Waals surface area contributed by atoms with E-state index in [4.69, 9.17) is 4.42 Å². The molecule has 0 saturated carbocycles. The second-order valence-corrected chi connectivity index (χ2v) is 12.3. The van der Waals surface area contributed by atoms with Crippen LogP contribution in [0.4, 0.5) is 11.4 Å². The summed E-state index contributed by atoms with van der Waals surface area (Å²) in [7, 11) is 0. The van der Waals surface area contributed by atoms with Crippen LogP contribution in [-0.2, 0) is 0 Å². The standard InChI is InChI=1S/C42H26N3O/c1-2-11-26(12-3-1)43-32-16-6-4-14-29(32)40-35(43)22-23-36-41(40)30-15-10-19-37-42(30)45(36)34-18-8-7-17-33(34)44(37)27-21-24-39-31(25-27)28-13-5-9-20-38(28)46-39/h1-25,34H/q+1. The molecule has 0 N–H and O–H groups in total. The Balaban J connectivity index is 1.27. The lowest BCUT2D eigenvalue weighted by Crippen LogP contribution is -2.30. The number of benzene rings is 6. The van der Waals surface area contributed by atoms with Crippen LogP contribution in [0.15, 0.2) is 156 Å². The molecule has 1 atom stereocenters. The maximum absolute atomic E-state index is 6.21. The largest absolute Gasteiger partial charge is 0.456 e. The van der Waals surface area contributed by atoms with Gasteiger partial charge >= 0.3 is 0 Å². The summed E-state index contributed by atoms with van der Waals surface area (Å²) < 4.78 is 13.6. The van der Waals surface area contributed by atoms with Crippen molar-refractivity contribution >= 4 is 82.6 Å². The SMILES string of the molecule is C1=CC2=[N+](c3ccc4oc5ccccc5c4c3)c3cccc4c5c6c7ccccc7n(-c7ccccc7)c6ccc5n(c34)C2C=C1. The fourth-order valence-corrected chi connectivity index (χ4v) is 8.18. The van der Waals surface area contributed by atoms with Crippen molar-refractivity contribution in [3.63, 3.8) is 0 Å². The van der Waals surface area contributed by atoms with E-state index < -0.39 is 0 Å². The molecule has 9 aromatic rings. The van der Waals surface area contributed by atoms with Crippen molar-refractivity contribution in [3.8, 4) is 5.69 Å². The second-order valence-electron chi connectivity index (χ2n) is 12.3. The zero-order chi connectivity index (χ0) is 29.9. The van der Waals surface area contributed by atoms with Gasteiger partial charge in [-0.2, -0.15) is 4.58 Å². The Morgan fingerprint density at radius 1 is 0.565 bits per heavy atom. The van der Waals surface area contributed by atoms with Gasteiger partial charge in [-0.05, 0) is 42.5 Å². The summed E-state index contributed by atoms with van der Waals surface area (Å²) in [4.78, 5) is 0. The first kappa shape index (κ1) is 24.2. The van der Waals surface area contributed by atoms with E-state index in [1.165, 1.54) is 60.7 Å². The van der Waals surface area contributed by atoms with Gasteiger partial charge in [0.25, 0.3) is 0 Å². The molecule has 2 aliphatic rings. The van der Waals surface area contributed by atoms with Crippen molar-refractivity contribution in [3.05, 3.63) is 152 Å². The second kappa shape index (κ2) is 8.74. The summed E-state index contributed by atoms with van der Waals surface area (Å²) in [5.41, 5.74) is 11.5. The van der Waals surface area contributed by atoms with Crippen molar-refractivity contribution in [2.75, 3.05) is 0 Å². The van der Waals surface area contributed by atoms with E-state index in [0.717, 1.165) is 27.6 Å². The predicted octanol–water partition coefficient (Wildman–Crippen LogP) is 10.7. The maximum Gasteiger partial charge on any atom is 0.235 e. The smallest absolute Gasteiger partial charge is 0.235 e. The molecule has 11 rings (SSSR count). The summed E-state index contributed by atoms with van der Waals surface area (Å²) in [6.07, 6.45) is 8.95. The monoisotopic (exact) mass is 588 g/mol. The molecule has 6 aromatic carbocycles. The molecule has 4 heterocycles. The van der Waals surface area contributed by atoms with Crippen LogP contribution >= 0.6 is 0 Å². The van der Waals surface area contributed by atoms with Crippen LogP contribution in [0.5, 0.6) is 0 Å². The Labute approximate surface area is 263 Å². The number of para-hydroxylation sites is 4. The quantitative estimate of drug-likeness (QED) is 0.185. The van der Waals surface area contributed by atoms with E-state index in [1.54, 1.807) is 0 Å². The molecule has 4 heteroatoms. The number of hydrogen-bond acceptors (Lipinski definition) is 1. The number of aromatic nitrogens is 2. The van der Waals surface area contributed by atoms with Gasteiger partial charge in [0.1, 0.15) is 22.7 Å². The van der Waals surface area contributed by atoms with Crippen LogP contribution in [0.2, 0.25) is 0 Å². The van der Waals surface area contributed by atoms with Crippen molar-refractivity contribution in [1.82, 2.24) is 13.7 Å². The van der Waals surface area contributed by atoms with E-state index in [9.17, 15) is 0 Å². The van der Waals surface area contributed by atoms with Crippen molar-refractivity contribution in [1.29, 1.82) is 0 Å². The molecular weight excluding hydrogens is 562 g/mol. The third kappa shape index (κ3) is 3.01. The highest BCUT2D eigenvalue weighted by Crippen LogP contribution is 2.47. The summed E-state index contributed by atoms with van der Waals surface area (Å²) in [6, 6.07) is 46.0. The van der Waals surface area contributed by atoms with Crippen LogP contribution < -0.4 is 4.58 Å². The average Bonchev–Trinajstić information content (AvgIpc) is 3.77. The van der Waals surface area contributed by atoms with Crippen molar-refractivity contribution in [2.24, 2.45) is 0 Å². The molecule has 0 bridgehead atoms. The molecule has 1 aliphatic heterocycles. The zero-order valence-electron chi connectivity index (χ0n) is 24.8. The Morgan fingerprint density at radius 2 is 1.33 bits per heavy atom. The minimum Gasteiger partial charge on any atom is -0.456 e. The van der Waals surface area contributed by atoms with Crippen LogP contribution in [0.1, 0.15) is 6.04 Å². The van der Waals surface area contributed by atoms with E-state index in [-0.39, 0.29) is 6.04 Å². The topological polar surface area (TPSA) is 26.0 Å². The summed E-state index contributed by atoms with van der Waals surface area (Å²) in [5, 5.41) is 7.43. The number of nitrogens with zero attached hydrogens (tertiary/aromatic N) is 3. The first-order valence-corrected chi connectivity index (χ1v) is 15.8. The van der Waals surface area contributed by atoms with Gasteiger partial charge < -0.3 is 13.6 Å². The number of allylic oxidation sites excluding steroid dienone is 4. The van der Waals surface area contributed by atoms with Crippen LogP contribution in [0, 0.1) is 0 Å². The van der Waals surface area contributed by atoms with Crippen LogP contribution in [0.3, 0.4) is 0 Å². The highest BCUT2D eigenvalue weighted by molar-refractivity contribution is 6.30. The predicted molar refractivity (Wildman–Crippen MR) is 191 cm³/mol. The molecule has 46 heavy (non-hydrogen) atoms. The molecule has 0 saturated heterocycles. The van der Waals surface area contributed by atoms with E-state index >= 15 is 0 Å². The normalized spacial score (nSPS) is 15.8. The van der Waals surface area contributed by atoms with Gasteiger partial charge in [0.2, 0.25) is 17.1 Å². The molecule has 214 valence electrons. The molecule has 0 spiro atoms. The Bertz CT molecular complexity index is 2860. The molecule has 0 amide bonds. The first-order valence-electron chi connectivity index (χ1n) is 15.8. The molecule has 0 fully saturated rings. The van der Waals surface area contributed by atoms with Crippen LogP contribution in [0.25, 0.3) is 71.2 Å². The van der Waals surface area contributed by atoms with Gasteiger partial charge in [-0.3, -0.25) is 0 Å². The fourth-order valence-electron chi connectivity index (χ4n) is 8.18. The highest BCUT2D eigenvalue weighted by atomic mass is 16.3. The van der Waals surface area contributed by atoms with Gasteiger partial charge in [-0.1, -0.05) is 85.0 Å². The van der Waals surface area contributed by atoms with E-state index in [0.29, 0.717) is 0 Å². The minimum absolute atomic E-state index is 0.0524. The van der Waals surface area contributed by atoms with Crippen molar-refractivity contribution < 1.29 is 4.42 Å². The lowest BCUT2D eigenvalue weighted by molar-refractivity contribution is 0.669. The third-order valence-electron chi connectivity index (χ3n) is 9.99. The average molecular weight is 589 g/mol. The third-order valence-corrected chi connectivity index (χ3v) is 9.99. The zero-order valence-corrected chi connectivity index (χ0v) is 24.8. The minimum atomic E-state index is 0.0524. The summed E-state index contributed by atoms with van der Waals surface area (Å²) >= 11 is 0. The molecule has 1 aliphatic carbocycles. The molecule has 4 nitrogen and oxygen atoms in total. The number of hydrogen-bond donors (Lipinski definition) is 0. The first-order chi connectivity index (χ1) is 22.8. The summed E-state index contributed by atoms with van der Waals surface area (Å²) in [6.45, 7) is 0. The van der Waals surface area contributed by atoms with Crippen LogP contribution in [-0.4, -0.2) is 14.8 Å². The lowest BCUT2D eigenvalue weighted by Gasteiger charge is -2.24. The lowest BCUT2D eigenvalue weighted by atomic mass is 10.0. The van der Waals surface area contributed by atoms with Gasteiger partial charge in [-0.15, -0.1) is 0 Å². The van der Waals surface area contributed by atoms with Crippen molar-refractivity contribution in [2.45, 2.75) is 6.04 Å². The molecule has 0 radical (unpaired) electrons. The van der Waals surface area contributed by atoms with Gasteiger partial charge in [0, 0.05) is 62.3 Å². The van der Waals surface area contributed by atoms with E-state index in [1.807, 2.05) is 12.1 Å². The number of rotatable bonds is 2. The summed E-state index contributed by atoms with van der Waals surface area (Å²) in [5.74, 6) is 0. The number of furan rings is 1. The molecule has 3 aromatic heterocycles. The highest BCUT2D eigenvalue weighted by Gasteiger charge is 2.38. The molecule has 1 unspecified atom stereocenters. The Morgan fingerprint density at radius 3 is 2.26 bits per heavy atom. The van der Waals surface area contributed by atoms with E-state index in [2.05, 4.69) is 153 Å². The Kier molecular flexibility index (Phi) is 4.60. The number of fused-ring (bicyclic) bond motifs is 12. The van der Waals surface area contributed by atoms with Gasteiger partial charge in [0.15, 0.2) is 0 Å². The van der Waals surface area contributed by atoms with Gasteiger partial charge in [0.05, 0.1) is 16.6 Å².